The van der Waals surface area contributed by atoms with Crippen molar-refractivity contribution in [2.75, 3.05) is 13.2 Å². The number of benzene rings is 6. The second kappa shape index (κ2) is 20.1. The van der Waals surface area contributed by atoms with E-state index in [0.717, 1.165) is 27.8 Å². The van der Waals surface area contributed by atoms with Gasteiger partial charge >= 0.3 is 0 Å². The maximum Gasteiger partial charge on any atom is 0.202 e. The second-order valence-electron chi connectivity index (χ2n) is 14.0. The first-order chi connectivity index (χ1) is 27.2. The summed E-state index contributed by atoms with van der Waals surface area (Å²) in [5, 5.41) is 0. The van der Waals surface area contributed by atoms with Crippen molar-refractivity contribution in [1.29, 1.82) is 0 Å². The van der Waals surface area contributed by atoms with E-state index in [2.05, 4.69) is 84.9 Å². The minimum atomic E-state index is -1.26. The van der Waals surface area contributed by atoms with Crippen LogP contribution in [0.5, 0.6) is 0 Å². The van der Waals surface area contributed by atoms with E-state index < -0.39 is 30.2 Å². The van der Waals surface area contributed by atoms with Crippen LogP contribution in [0.1, 0.15) is 33.4 Å². The number of ether oxygens (including phenoxy) is 6. The summed E-state index contributed by atoms with van der Waals surface area (Å²) in [5.41, 5.74) is 6.46. The summed E-state index contributed by atoms with van der Waals surface area (Å²) in [6, 6.07) is 61.6. The van der Waals surface area contributed by atoms with E-state index in [1.807, 2.05) is 97.1 Å². The molecule has 1 aliphatic rings. The van der Waals surface area contributed by atoms with E-state index in [1.54, 1.807) is 0 Å². The van der Waals surface area contributed by atoms with Gasteiger partial charge in [0.2, 0.25) is 5.79 Å². The quantitative estimate of drug-likeness (QED) is 0.0827. The first-order valence-electron chi connectivity index (χ1n) is 19.2. The summed E-state index contributed by atoms with van der Waals surface area (Å²) >= 11 is 0. The Morgan fingerprint density at radius 1 is 0.418 bits per heavy atom. The van der Waals surface area contributed by atoms with Gasteiger partial charge < -0.3 is 28.4 Å². The Morgan fingerprint density at radius 2 is 0.818 bits per heavy atom. The van der Waals surface area contributed by atoms with Gasteiger partial charge in [0.05, 0.1) is 39.6 Å². The fourth-order valence-electron chi connectivity index (χ4n) is 7.10. The van der Waals surface area contributed by atoms with Crippen molar-refractivity contribution in [3.8, 4) is 0 Å². The Bertz CT molecular complexity index is 1930. The SMILES string of the molecule is c1ccc(CCO[C@@]2(Cc3ccccc3)O[C@H](COCc3ccccc3)[C@@H](OCc3ccccc3)[C@H](OCc3ccccc3)[C@H]2OCc2ccccc2)cc1. The number of hydrogen-bond donors (Lipinski definition) is 0. The molecule has 0 N–H and O–H groups in total. The van der Waals surface area contributed by atoms with Crippen molar-refractivity contribution < 1.29 is 28.4 Å². The lowest BCUT2D eigenvalue weighted by molar-refractivity contribution is -0.382. The molecule has 1 aliphatic heterocycles. The average Bonchev–Trinajstić information content (AvgIpc) is 3.24. The third-order valence-electron chi connectivity index (χ3n) is 9.88. The second-order valence-corrected chi connectivity index (χ2v) is 14.0. The van der Waals surface area contributed by atoms with Crippen molar-refractivity contribution in [1.82, 2.24) is 0 Å². The van der Waals surface area contributed by atoms with Crippen LogP contribution in [0.3, 0.4) is 0 Å². The molecule has 7 rings (SSSR count). The van der Waals surface area contributed by atoms with E-state index in [4.69, 9.17) is 28.4 Å². The number of hydrogen-bond acceptors (Lipinski definition) is 6. The molecule has 6 nitrogen and oxygen atoms in total. The zero-order chi connectivity index (χ0) is 37.4. The van der Waals surface area contributed by atoms with Gasteiger partial charge in [-0.25, -0.2) is 0 Å². The van der Waals surface area contributed by atoms with E-state index in [0.29, 0.717) is 45.9 Å². The Labute approximate surface area is 325 Å². The fraction of sp³-hybridized carbons (Fsp3) is 0.265. The Kier molecular flexibility index (Phi) is 14.0. The Hall–Kier alpha value is -4.92. The van der Waals surface area contributed by atoms with Gasteiger partial charge in [-0.05, 0) is 39.8 Å². The van der Waals surface area contributed by atoms with Gasteiger partial charge in [0, 0.05) is 6.42 Å². The number of rotatable bonds is 19. The van der Waals surface area contributed by atoms with Crippen molar-refractivity contribution in [2.45, 2.75) is 69.5 Å². The molecule has 6 aromatic carbocycles. The van der Waals surface area contributed by atoms with E-state index in [-0.39, 0.29) is 6.61 Å². The molecule has 1 saturated heterocycles. The van der Waals surface area contributed by atoms with Gasteiger partial charge in [-0.3, -0.25) is 0 Å². The van der Waals surface area contributed by atoms with Crippen LogP contribution in [-0.4, -0.2) is 43.4 Å². The lowest BCUT2D eigenvalue weighted by atomic mass is 9.87. The third kappa shape index (κ3) is 11.1. The minimum Gasteiger partial charge on any atom is -0.374 e. The molecule has 0 amide bonds. The molecular formula is C49H50O6. The zero-order valence-electron chi connectivity index (χ0n) is 31.2. The van der Waals surface area contributed by atoms with Crippen molar-refractivity contribution >= 4 is 0 Å². The Morgan fingerprint density at radius 3 is 1.31 bits per heavy atom. The molecule has 0 saturated carbocycles. The molecule has 1 fully saturated rings. The van der Waals surface area contributed by atoms with Gasteiger partial charge in [-0.1, -0.05) is 182 Å². The predicted octanol–water partition coefficient (Wildman–Crippen LogP) is 9.56. The highest BCUT2D eigenvalue weighted by molar-refractivity contribution is 5.21. The van der Waals surface area contributed by atoms with E-state index in [9.17, 15) is 0 Å². The van der Waals surface area contributed by atoms with Crippen LogP contribution in [0.15, 0.2) is 182 Å². The molecule has 0 unspecified atom stereocenters. The molecule has 282 valence electrons. The molecule has 55 heavy (non-hydrogen) atoms. The highest BCUT2D eigenvalue weighted by Crippen LogP contribution is 2.40. The summed E-state index contributed by atoms with van der Waals surface area (Å²) in [6.07, 6.45) is -1.31. The zero-order valence-corrected chi connectivity index (χ0v) is 31.2. The van der Waals surface area contributed by atoms with Crippen LogP contribution < -0.4 is 0 Å². The first-order valence-corrected chi connectivity index (χ1v) is 19.2. The molecular weight excluding hydrogens is 685 g/mol. The van der Waals surface area contributed by atoms with Crippen molar-refractivity contribution in [3.05, 3.63) is 215 Å². The highest BCUT2D eigenvalue weighted by Gasteiger charge is 2.58. The molecule has 0 bridgehead atoms. The summed E-state index contributed by atoms with van der Waals surface area (Å²) in [5.74, 6) is -1.26. The van der Waals surface area contributed by atoms with Crippen LogP contribution in [0.4, 0.5) is 0 Å². The molecule has 6 heteroatoms. The van der Waals surface area contributed by atoms with Crippen LogP contribution in [-0.2, 0) is 67.7 Å². The van der Waals surface area contributed by atoms with Crippen LogP contribution >= 0.6 is 0 Å². The van der Waals surface area contributed by atoms with Gasteiger partial charge in [0.25, 0.3) is 0 Å². The van der Waals surface area contributed by atoms with Crippen LogP contribution in [0, 0.1) is 0 Å². The normalized spacial score (nSPS) is 20.9. The maximum absolute atomic E-state index is 7.36. The summed E-state index contributed by atoms with van der Waals surface area (Å²) in [6.45, 7) is 2.13. The molecule has 0 aliphatic carbocycles. The average molecular weight is 735 g/mol. The first kappa shape index (κ1) is 38.4. The largest absolute Gasteiger partial charge is 0.374 e. The predicted molar refractivity (Wildman–Crippen MR) is 215 cm³/mol. The monoisotopic (exact) mass is 734 g/mol. The molecule has 5 atom stereocenters. The lowest BCUT2D eigenvalue weighted by Gasteiger charge is -2.52. The Balaban J connectivity index is 1.29. The molecule has 6 aromatic rings. The maximum atomic E-state index is 7.36. The van der Waals surface area contributed by atoms with Crippen molar-refractivity contribution in [3.63, 3.8) is 0 Å². The highest BCUT2D eigenvalue weighted by atomic mass is 16.7. The van der Waals surface area contributed by atoms with Crippen molar-refractivity contribution in [2.24, 2.45) is 0 Å². The van der Waals surface area contributed by atoms with Gasteiger partial charge in [0.1, 0.15) is 24.4 Å². The third-order valence-corrected chi connectivity index (χ3v) is 9.88. The lowest BCUT2D eigenvalue weighted by Crippen LogP contribution is -2.69. The summed E-state index contributed by atoms with van der Waals surface area (Å²) in [7, 11) is 0. The van der Waals surface area contributed by atoms with E-state index in [1.165, 1.54) is 5.56 Å². The molecule has 0 spiro atoms. The molecule has 0 radical (unpaired) electrons. The van der Waals surface area contributed by atoms with Crippen LogP contribution in [0.2, 0.25) is 0 Å². The van der Waals surface area contributed by atoms with Gasteiger partial charge in [-0.2, -0.15) is 0 Å². The molecule has 0 aromatic heterocycles. The minimum absolute atomic E-state index is 0.254. The summed E-state index contributed by atoms with van der Waals surface area (Å²) < 4.78 is 42.0. The smallest absolute Gasteiger partial charge is 0.202 e. The van der Waals surface area contributed by atoms with Gasteiger partial charge in [-0.15, -0.1) is 0 Å². The fourth-order valence-corrected chi connectivity index (χ4v) is 7.10. The van der Waals surface area contributed by atoms with E-state index >= 15 is 0 Å². The summed E-state index contributed by atoms with van der Waals surface area (Å²) in [4.78, 5) is 0. The standard InChI is InChI=1S/C49H50O6/c1-7-19-39(20-8-1)31-32-54-49(33-40-21-9-2-10-22-40)48(53-37-44-29-17-6-18-30-44)47(52-36-43-27-15-5-16-28-43)46(51-35-42-25-13-4-14-26-42)45(55-49)38-50-34-41-23-11-3-12-24-41/h1-30,45-48H,31-38H2/t45-,46-,47+,48-,49+/m1/s1. The topological polar surface area (TPSA) is 55.4 Å². The van der Waals surface area contributed by atoms with Gasteiger partial charge in [0.15, 0.2) is 0 Å². The van der Waals surface area contributed by atoms with Crippen LogP contribution in [0.25, 0.3) is 0 Å². The molecule has 1 heterocycles.